The van der Waals surface area contributed by atoms with Crippen LogP contribution < -0.4 is 4.90 Å². The Morgan fingerprint density at radius 2 is 0.886 bits per heavy atom. The van der Waals surface area contributed by atoms with E-state index in [1.807, 2.05) is 0 Å². The molecule has 1 aromatic carbocycles. The van der Waals surface area contributed by atoms with E-state index >= 15 is 0 Å². The summed E-state index contributed by atoms with van der Waals surface area (Å²) in [6.07, 6.45) is 1.75. The van der Waals surface area contributed by atoms with Crippen LogP contribution in [0.15, 0.2) is 24.5 Å². The summed E-state index contributed by atoms with van der Waals surface area (Å²) in [5.74, 6) is 65.6. The normalized spacial score (nSPS) is 9.11. The van der Waals surface area contributed by atoms with E-state index < -0.39 is 0 Å². The molecule has 202 valence electrons. The molecule has 1 aromatic heterocycles. The van der Waals surface area contributed by atoms with Gasteiger partial charge in [-0.05, 0) is 134 Å². The molecule has 1 N–H and O–H groups in total. The monoisotopic (exact) mass is 558 g/mol. The van der Waals surface area contributed by atoms with Gasteiger partial charge in [-0.1, -0.05) is 11.8 Å². The van der Waals surface area contributed by atoms with Gasteiger partial charge in [-0.2, -0.15) is 0 Å². The molecule has 2 aromatic rings. The smallest absolute Gasteiger partial charge is 0.0931 e. The van der Waals surface area contributed by atoms with Gasteiger partial charge < -0.3 is 14.8 Å². The molecule has 1 aliphatic rings. The fraction of sp³-hybridized carbons (Fsp3) is 0.175. The number of rotatable bonds is 1. The van der Waals surface area contributed by atoms with E-state index in [-0.39, 0.29) is 0 Å². The Labute approximate surface area is 261 Å². The van der Waals surface area contributed by atoms with Crippen LogP contribution in [0, 0.1) is 154 Å². The number of fused-ring (bicyclic) bond motifs is 1. The summed E-state index contributed by atoms with van der Waals surface area (Å²) in [4.78, 5) is 12.2. The number of nitrogens with zero attached hydrogens (tertiary/aromatic N) is 3. The lowest BCUT2D eigenvalue weighted by Crippen LogP contribution is -2.44. The standard InChI is InChI=1S/C28H6.C12H16N4/c1-3-5-7-9-11-13-15-17-19-21-23-25-27-28-26-24-22-20-18-16-14-12-10-8-6-4-2;1-15-4-6-16(7-5-15)10-2-3-11-12(8-10)14-9-13-11/h1-2H3;2-3,8-9H,4-7H2,1H3,(H,13,14). The van der Waals surface area contributed by atoms with Crippen LogP contribution in [0.5, 0.6) is 0 Å². The summed E-state index contributed by atoms with van der Waals surface area (Å²) in [5.41, 5.74) is 3.46. The van der Waals surface area contributed by atoms with Gasteiger partial charge in [0.25, 0.3) is 0 Å². The zero-order chi connectivity index (χ0) is 31.3. The maximum absolute atomic E-state index is 4.23. The molecule has 4 heteroatoms. The molecule has 1 fully saturated rings. The van der Waals surface area contributed by atoms with Crippen LogP contribution >= 0.6 is 0 Å². The number of aromatic nitrogens is 2. The van der Waals surface area contributed by atoms with Crippen molar-refractivity contribution < 1.29 is 0 Å². The molecular formula is C40H22N4. The minimum absolute atomic E-state index is 1.04. The molecule has 0 bridgehead atoms. The molecule has 0 unspecified atom stereocenters. The van der Waals surface area contributed by atoms with Gasteiger partial charge in [0.15, 0.2) is 0 Å². The quantitative estimate of drug-likeness (QED) is 0.547. The Kier molecular flexibility index (Phi) is 16.9. The molecule has 4 nitrogen and oxygen atoms in total. The van der Waals surface area contributed by atoms with E-state index in [4.69, 9.17) is 0 Å². The second-order valence-corrected chi connectivity index (χ2v) is 7.89. The zero-order valence-corrected chi connectivity index (χ0v) is 24.5. The average molecular weight is 559 g/mol. The van der Waals surface area contributed by atoms with Crippen molar-refractivity contribution in [3.8, 4) is 154 Å². The van der Waals surface area contributed by atoms with Gasteiger partial charge in [0.2, 0.25) is 0 Å². The first-order valence-corrected chi connectivity index (χ1v) is 12.9. The number of nitrogens with one attached hydrogen (secondary N) is 1. The number of piperazine rings is 1. The number of likely N-dealkylation sites (N-methyl/N-ethyl adjacent to an activating group) is 1. The minimum Gasteiger partial charge on any atom is -0.369 e. The molecule has 0 atom stereocenters. The van der Waals surface area contributed by atoms with Crippen LogP contribution in [-0.4, -0.2) is 48.1 Å². The summed E-state index contributed by atoms with van der Waals surface area (Å²) in [6.45, 7) is 7.89. The van der Waals surface area contributed by atoms with Crippen LogP contribution in [0.1, 0.15) is 13.8 Å². The third-order valence-corrected chi connectivity index (χ3v) is 4.96. The second-order valence-electron chi connectivity index (χ2n) is 7.89. The number of imidazole rings is 1. The first kappa shape index (κ1) is 32.9. The fourth-order valence-corrected chi connectivity index (χ4v) is 3.00. The molecular weight excluding hydrogens is 536 g/mol. The summed E-state index contributed by atoms with van der Waals surface area (Å²) in [6, 6.07) is 6.43. The van der Waals surface area contributed by atoms with E-state index in [2.05, 4.69) is 199 Å². The SMILES string of the molecule is CC#CC#CC#CC#CC#CC#CC#CC#CC#CC#CC#CC#CC#CC.CN1CCN(c2ccc3nc[nH]c3c2)CC1. The van der Waals surface area contributed by atoms with Crippen molar-refractivity contribution in [1.29, 1.82) is 0 Å². The number of hydrogen-bond acceptors (Lipinski definition) is 3. The van der Waals surface area contributed by atoms with Crippen LogP contribution in [0.25, 0.3) is 11.0 Å². The molecule has 44 heavy (non-hydrogen) atoms. The lowest BCUT2D eigenvalue weighted by atomic mass is 10.2. The van der Waals surface area contributed by atoms with Crippen LogP contribution in [0.3, 0.4) is 0 Å². The van der Waals surface area contributed by atoms with Crippen molar-refractivity contribution in [3.05, 3.63) is 24.5 Å². The predicted molar refractivity (Wildman–Crippen MR) is 178 cm³/mol. The Balaban J connectivity index is 0.000000350. The maximum Gasteiger partial charge on any atom is 0.0931 e. The number of anilines is 1. The van der Waals surface area contributed by atoms with Gasteiger partial charge in [0.05, 0.1) is 17.4 Å². The largest absolute Gasteiger partial charge is 0.369 e. The zero-order valence-electron chi connectivity index (χ0n) is 24.5. The molecule has 3 rings (SSSR count). The molecule has 0 saturated carbocycles. The Hall–Kier alpha value is -7.27. The van der Waals surface area contributed by atoms with Gasteiger partial charge >= 0.3 is 0 Å². The number of aromatic amines is 1. The maximum atomic E-state index is 4.23. The van der Waals surface area contributed by atoms with Crippen molar-refractivity contribution in [3.63, 3.8) is 0 Å². The molecule has 0 spiro atoms. The minimum atomic E-state index is 1.04. The van der Waals surface area contributed by atoms with Crippen molar-refractivity contribution in [2.24, 2.45) is 0 Å². The first-order chi connectivity index (χ1) is 21.7. The topological polar surface area (TPSA) is 35.2 Å². The summed E-state index contributed by atoms with van der Waals surface area (Å²) < 4.78 is 0. The van der Waals surface area contributed by atoms with Crippen molar-refractivity contribution in [2.45, 2.75) is 13.8 Å². The highest BCUT2D eigenvalue weighted by Crippen LogP contribution is 2.20. The number of benzene rings is 1. The van der Waals surface area contributed by atoms with Gasteiger partial charge in [-0.3, -0.25) is 0 Å². The van der Waals surface area contributed by atoms with Gasteiger partial charge in [-0.15, -0.1) is 0 Å². The second kappa shape index (κ2) is 22.5. The van der Waals surface area contributed by atoms with Crippen LogP contribution in [0.2, 0.25) is 0 Å². The first-order valence-electron chi connectivity index (χ1n) is 12.9. The summed E-state index contributed by atoms with van der Waals surface area (Å²) in [5, 5.41) is 0. The Morgan fingerprint density at radius 3 is 1.25 bits per heavy atom. The number of hydrogen-bond donors (Lipinski definition) is 1. The van der Waals surface area contributed by atoms with E-state index in [0.717, 1.165) is 37.2 Å². The van der Waals surface area contributed by atoms with E-state index in [1.165, 1.54) is 5.69 Å². The highest BCUT2D eigenvalue weighted by Gasteiger charge is 2.14. The highest BCUT2D eigenvalue weighted by atomic mass is 15.2. The highest BCUT2D eigenvalue weighted by molar-refractivity contribution is 5.79. The van der Waals surface area contributed by atoms with E-state index in [0.29, 0.717) is 0 Å². The lowest BCUT2D eigenvalue weighted by molar-refractivity contribution is 0.313. The summed E-state index contributed by atoms with van der Waals surface area (Å²) >= 11 is 0. The Bertz CT molecular complexity index is 2080. The van der Waals surface area contributed by atoms with Gasteiger partial charge in [-0.25, -0.2) is 4.98 Å². The Morgan fingerprint density at radius 1 is 0.523 bits per heavy atom. The molecule has 2 heterocycles. The predicted octanol–water partition coefficient (Wildman–Crippen LogP) is 2.39. The molecule has 0 radical (unpaired) electrons. The van der Waals surface area contributed by atoms with E-state index in [1.54, 1.807) is 20.2 Å². The van der Waals surface area contributed by atoms with E-state index in [9.17, 15) is 0 Å². The third kappa shape index (κ3) is 15.4. The van der Waals surface area contributed by atoms with Crippen molar-refractivity contribution in [1.82, 2.24) is 14.9 Å². The van der Waals surface area contributed by atoms with Crippen molar-refractivity contribution in [2.75, 3.05) is 38.1 Å². The van der Waals surface area contributed by atoms with Crippen LogP contribution in [-0.2, 0) is 0 Å². The lowest BCUT2D eigenvalue weighted by Gasteiger charge is -2.34. The van der Waals surface area contributed by atoms with Crippen LogP contribution in [0.4, 0.5) is 5.69 Å². The molecule has 1 saturated heterocycles. The molecule has 1 aliphatic heterocycles. The average Bonchev–Trinajstić information content (AvgIpc) is 3.52. The number of H-pyrrole nitrogens is 1. The van der Waals surface area contributed by atoms with Gasteiger partial charge in [0, 0.05) is 79.2 Å². The third-order valence-electron chi connectivity index (χ3n) is 4.96. The fourth-order valence-electron chi connectivity index (χ4n) is 3.00. The molecule has 0 amide bonds. The van der Waals surface area contributed by atoms with Gasteiger partial charge in [0.1, 0.15) is 0 Å². The van der Waals surface area contributed by atoms with Crippen molar-refractivity contribution >= 4 is 16.7 Å². The molecule has 0 aliphatic carbocycles. The summed E-state index contributed by atoms with van der Waals surface area (Å²) in [7, 11) is 2.18.